The lowest BCUT2D eigenvalue weighted by Gasteiger charge is -2.17. The normalized spacial score (nSPS) is 12.6. The highest BCUT2D eigenvalue weighted by Gasteiger charge is 2.31. The second-order valence-electron chi connectivity index (χ2n) is 8.25. The first-order valence-corrected chi connectivity index (χ1v) is 12.4. The molecule has 8 nitrogen and oxygen atoms in total. The van der Waals surface area contributed by atoms with Gasteiger partial charge in [-0.1, -0.05) is 24.3 Å². The van der Waals surface area contributed by atoms with Gasteiger partial charge in [-0.3, -0.25) is 4.79 Å². The van der Waals surface area contributed by atoms with Crippen LogP contribution in [0, 0.1) is 0 Å². The van der Waals surface area contributed by atoms with Gasteiger partial charge in [0.25, 0.3) is 5.56 Å². The van der Waals surface area contributed by atoms with Crippen LogP contribution in [0.1, 0.15) is 25.0 Å². The van der Waals surface area contributed by atoms with E-state index in [1.165, 1.54) is 31.3 Å². The molecule has 0 radical (unpaired) electrons. The average molecular weight is 604 g/mol. The Morgan fingerprint density at radius 1 is 1.18 bits per heavy atom. The minimum atomic E-state index is -4.59. The number of nitrogens with zero attached hydrogens (tertiary/aromatic N) is 3. The number of halogens is 4. The van der Waals surface area contributed by atoms with Crippen LogP contribution in [-0.2, 0) is 11.0 Å². The minimum Gasteiger partial charge on any atom is -0.490 e. The summed E-state index contributed by atoms with van der Waals surface area (Å²) < 4.78 is 52.6. The molecule has 0 saturated carbocycles. The van der Waals surface area contributed by atoms with Crippen molar-refractivity contribution in [2.24, 2.45) is 5.10 Å². The highest BCUT2D eigenvalue weighted by Crippen LogP contribution is 2.37. The van der Waals surface area contributed by atoms with Crippen molar-refractivity contribution in [3.05, 3.63) is 86.6 Å². The van der Waals surface area contributed by atoms with E-state index in [1.807, 2.05) is 0 Å². The Kier molecular flexibility index (Phi) is 8.05. The number of carbonyl (C=O) groups is 1. The summed E-state index contributed by atoms with van der Waals surface area (Å²) in [7, 11) is 0. The summed E-state index contributed by atoms with van der Waals surface area (Å²) >= 11 is 3.35. The van der Waals surface area contributed by atoms with E-state index in [1.54, 1.807) is 37.3 Å². The molecule has 4 rings (SSSR count). The van der Waals surface area contributed by atoms with Crippen molar-refractivity contribution in [2.45, 2.75) is 26.1 Å². The number of alkyl halides is 3. The molecule has 1 heterocycles. The quantitative estimate of drug-likeness (QED) is 0.249. The number of benzene rings is 3. The lowest BCUT2D eigenvalue weighted by Crippen LogP contribution is -2.23. The minimum absolute atomic E-state index is 0.0485. The van der Waals surface area contributed by atoms with Crippen LogP contribution in [0.15, 0.2) is 75.0 Å². The predicted octanol–water partition coefficient (Wildman–Crippen LogP) is 5.98. The van der Waals surface area contributed by atoms with Gasteiger partial charge >= 0.3 is 12.1 Å². The van der Waals surface area contributed by atoms with Gasteiger partial charge in [-0.25, -0.2) is 9.78 Å². The van der Waals surface area contributed by atoms with Crippen molar-refractivity contribution in [3.63, 3.8) is 0 Å². The van der Waals surface area contributed by atoms with Crippen LogP contribution in [-0.4, -0.2) is 39.7 Å². The second-order valence-corrected chi connectivity index (χ2v) is 9.11. The molecular formula is C27H21BrF3N3O5. The summed E-state index contributed by atoms with van der Waals surface area (Å²) in [6.45, 7) is 3.35. The molecule has 1 aromatic heterocycles. The summed E-state index contributed by atoms with van der Waals surface area (Å²) in [5, 5.41) is 13.7. The fourth-order valence-electron chi connectivity index (χ4n) is 3.64. The largest absolute Gasteiger partial charge is 0.490 e. The fourth-order valence-corrected chi connectivity index (χ4v) is 4.20. The maximum atomic E-state index is 13.4. The number of carboxylic acid groups (broad SMARTS) is 1. The number of fused-ring (bicyclic) bond motifs is 1. The first kappa shape index (κ1) is 27.8. The van der Waals surface area contributed by atoms with E-state index in [0.717, 1.165) is 16.8 Å². The Morgan fingerprint density at radius 3 is 2.62 bits per heavy atom. The SMILES string of the molecule is CCOc1cc(C=Nn2c(-c3cccc(C(F)(F)F)c3)nc3ccccc3c2=O)cc(Br)c1O[C@H](C)C(=O)O. The topological polar surface area (TPSA) is 103 Å². The van der Waals surface area contributed by atoms with Gasteiger partial charge in [0, 0.05) is 5.56 Å². The Balaban J connectivity index is 1.85. The highest BCUT2D eigenvalue weighted by atomic mass is 79.9. The Bertz CT molecular complexity index is 1640. The maximum absolute atomic E-state index is 13.4. The third kappa shape index (κ3) is 6.11. The molecule has 202 valence electrons. The van der Waals surface area contributed by atoms with E-state index in [9.17, 15) is 27.9 Å². The van der Waals surface area contributed by atoms with Gasteiger partial charge in [0.2, 0.25) is 0 Å². The molecule has 0 aliphatic rings. The van der Waals surface area contributed by atoms with E-state index < -0.39 is 29.4 Å². The molecule has 12 heteroatoms. The monoisotopic (exact) mass is 603 g/mol. The van der Waals surface area contributed by atoms with E-state index >= 15 is 0 Å². The smallest absolute Gasteiger partial charge is 0.416 e. The number of carboxylic acids is 1. The van der Waals surface area contributed by atoms with Crippen molar-refractivity contribution in [1.82, 2.24) is 9.66 Å². The Labute approximate surface area is 228 Å². The van der Waals surface area contributed by atoms with Crippen molar-refractivity contribution < 1.29 is 32.5 Å². The van der Waals surface area contributed by atoms with Crippen LogP contribution in [0.3, 0.4) is 0 Å². The van der Waals surface area contributed by atoms with Crippen molar-refractivity contribution >= 4 is 39.0 Å². The van der Waals surface area contributed by atoms with Crippen LogP contribution in [0.25, 0.3) is 22.3 Å². The van der Waals surface area contributed by atoms with Gasteiger partial charge in [-0.05, 0) is 71.7 Å². The number of hydrogen-bond donors (Lipinski definition) is 1. The van der Waals surface area contributed by atoms with E-state index in [0.29, 0.717) is 15.6 Å². The van der Waals surface area contributed by atoms with Crippen molar-refractivity contribution in [1.29, 1.82) is 0 Å². The van der Waals surface area contributed by atoms with E-state index in [2.05, 4.69) is 26.0 Å². The molecule has 0 amide bonds. The number of para-hydroxylation sites is 1. The van der Waals surface area contributed by atoms with E-state index in [4.69, 9.17) is 9.47 Å². The van der Waals surface area contributed by atoms with Crippen LogP contribution < -0.4 is 15.0 Å². The summed E-state index contributed by atoms with van der Waals surface area (Å²) in [4.78, 5) is 29.1. The zero-order valence-electron chi connectivity index (χ0n) is 20.6. The van der Waals surface area contributed by atoms with Gasteiger partial charge in [-0.2, -0.15) is 22.9 Å². The Hall–Kier alpha value is -4.19. The molecule has 0 spiro atoms. The van der Waals surface area contributed by atoms with Gasteiger partial charge in [0.05, 0.1) is 33.8 Å². The molecule has 39 heavy (non-hydrogen) atoms. The molecular weight excluding hydrogens is 583 g/mol. The highest BCUT2D eigenvalue weighted by molar-refractivity contribution is 9.10. The van der Waals surface area contributed by atoms with Crippen LogP contribution in [0.2, 0.25) is 0 Å². The molecule has 0 bridgehead atoms. The van der Waals surface area contributed by atoms with Crippen LogP contribution in [0.4, 0.5) is 13.2 Å². The molecule has 0 unspecified atom stereocenters. The summed E-state index contributed by atoms with van der Waals surface area (Å²) in [5.74, 6) is -0.859. The fraction of sp³-hybridized carbons (Fsp3) is 0.185. The van der Waals surface area contributed by atoms with E-state index in [-0.39, 0.29) is 34.9 Å². The summed E-state index contributed by atoms with van der Waals surface area (Å²) in [6, 6.07) is 14.0. The molecule has 3 aromatic carbocycles. The molecule has 0 aliphatic heterocycles. The molecule has 1 atom stereocenters. The number of aromatic nitrogens is 2. The zero-order chi connectivity index (χ0) is 28.3. The van der Waals surface area contributed by atoms with Gasteiger partial charge in [0.15, 0.2) is 23.4 Å². The number of aliphatic carboxylic acids is 1. The van der Waals surface area contributed by atoms with Crippen LogP contribution in [0.5, 0.6) is 11.5 Å². The summed E-state index contributed by atoms with van der Waals surface area (Å²) in [5.41, 5.74) is -0.696. The molecule has 0 fully saturated rings. The third-order valence-electron chi connectivity index (χ3n) is 5.50. The van der Waals surface area contributed by atoms with Crippen LogP contribution >= 0.6 is 15.9 Å². The molecule has 4 aromatic rings. The molecule has 0 aliphatic carbocycles. The lowest BCUT2D eigenvalue weighted by atomic mass is 10.1. The van der Waals surface area contributed by atoms with Gasteiger partial charge in [0.1, 0.15) is 0 Å². The maximum Gasteiger partial charge on any atom is 0.416 e. The lowest BCUT2D eigenvalue weighted by molar-refractivity contribution is -0.144. The first-order valence-electron chi connectivity index (χ1n) is 11.6. The van der Waals surface area contributed by atoms with Crippen molar-refractivity contribution in [3.8, 4) is 22.9 Å². The van der Waals surface area contributed by atoms with Gasteiger partial charge in [-0.15, -0.1) is 0 Å². The average Bonchev–Trinajstić information content (AvgIpc) is 2.89. The standard InChI is InChI=1S/C27H21BrF3N3O5/c1-3-38-22-12-16(11-20(28)23(22)39-15(2)26(36)37)14-32-34-24(17-7-6-8-18(13-17)27(29,30)31)33-21-10-5-4-9-19(21)25(34)35/h4-15H,3H2,1-2H3,(H,36,37)/t15-/m1/s1. The summed E-state index contributed by atoms with van der Waals surface area (Å²) in [6.07, 6.45) is -4.44. The Morgan fingerprint density at radius 2 is 1.92 bits per heavy atom. The third-order valence-corrected chi connectivity index (χ3v) is 6.09. The zero-order valence-corrected chi connectivity index (χ0v) is 22.2. The number of hydrogen-bond acceptors (Lipinski definition) is 6. The predicted molar refractivity (Wildman–Crippen MR) is 142 cm³/mol. The molecule has 0 saturated heterocycles. The van der Waals surface area contributed by atoms with Crippen molar-refractivity contribution in [2.75, 3.05) is 6.61 Å². The molecule has 1 N–H and O–H groups in total. The number of ether oxygens (including phenoxy) is 2. The number of rotatable bonds is 8. The first-order chi connectivity index (χ1) is 18.5. The van der Waals surface area contributed by atoms with Gasteiger partial charge < -0.3 is 14.6 Å². The second kappa shape index (κ2) is 11.3.